The molecule has 1 N–H and O–H groups in total. The molecule has 0 bridgehead atoms. The summed E-state index contributed by atoms with van der Waals surface area (Å²) in [6, 6.07) is 16.9. The molecular formula is C25H23FN4O3. The van der Waals surface area contributed by atoms with Gasteiger partial charge in [-0.3, -0.25) is 4.79 Å². The van der Waals surface area contributed by atoms with Gasteiger partial charge in [-0.25, -0.2) is 14.1 Å². The molecule has 0 unspecified atom stereocenters. The van der Waals surface area contributed by atoms with E-state index < -0.39 is 5.91 Å². The van der Waals surface area contributed by atoms with Crippen LogP contribution >= 0.6 is 0 Å². The maximum atomic E-state index is 13.5. The summed E-state index contributed by atoms with van der Waals surface area (Å²) in [5.41, 5.74) is 3.88. The molecule has 0 atom stereocenters. The summed E-state index contributed by atoms with van der Waals surface area (Å²) in [4.78, 5) is 17.6. The predicted octanol–water partition coefficient (Wildman–Crippen LogP) is 4.96. The average molecular weight is 446 g/mol. The molecule has 0 aliphatic carbocycles. The Bertz CT molecular complexity index is 1320. The van der Waals surface area contributed by atoms with E-state index in [1.165, 1.54) is 26.4 Å². The van der Waals surface area contributed by atoms with Crippen LogP contribution in [-0.4, -0.2) is 34.9 Å². The Kier molecular flexibility index (Phi) is 6.08. The molecule has 0 saturated heterocycles. The Balaban J connectivity index is 1.78. The van der Waals surface area contributed by atoms with Crippen molar-refractivity contribution in [2.45, 2.75) is 13.8 Å². The molecule has 1 amide bonds. The summed E-state index contributed by atoms with van der Waals surface area (Å²) in [6.07, 6.45) is 0. The van der Waals surface area contributed by atoms with Gasteiger partial charge in [-0.05, 0) is 61.9 Å². The molecule has 0 aliphatic rings. The number of nitrogens with one attached hydrogen (secondary N) is 1. The van der Waals surface area contributed by atoms with Gasteiger partial charge in [0.1, 0.15) is 17.3 Å². The zero-order valence-corrected chi connectivity index (χ0v) is 18.7. The molecule has 1 aromatic heterocycles. The Morgan fingerprint density at radius 3 is 2.39 bits per heavy atom. The van der Waals surface area contributed by atoms with Crippen LogP contribution in [0.15, 0.2) is 60.7 Å². The molecule has 0 radical (unpaired) electrons. The lowest BCUT2D eigenvalue weighted by Gasteiger charge is -2.10. The third-order valence-electron chi connectivity index (χ3n) is 5.15. The van der Waals surface area contributed by atoms with Crippen LogP contribution in [0.25, 0.3) is 17.1 Å². The summed E-state index contributed by atoms with van der Waals surface area (Å²) in [7, 11) is 3.05. The number of ether oxygens (including phenoxy) is 2. The SMILES string of the molecule is COc1ccc(OC)c(NC(=O)c2nc(-c3ccc(F)cc3)n(-c3ccc(C)cc3C)n2)c1. The first kappa shape index (κ1) is 22.0. The second-order valence-corrected chi connectivity index (χ2v) is 7.49. The lowest BCUT2D eigenvalue weighted by molar-refractivity contribution is 0.101. The van der Waals surface area contributed by atoms with Gasteiger partial charge in [0.25, 0.3) is 5.91 Å². The lowest BCUT2D eigenvalue weighted by atomic mass is 10.1. The number of nitrogens with zero attached hydrogens (tertiary/aromatic N) is 3. The number of halogens is 1. The zero-order chi connectivity index (χ0) is 23.5. The number of anilines is 1. The topological polar surface area (TPSA) is 78.3 Å². The number of aromatic nitrogens is 3. The summed E-state index contributed by atoms with van der Waals surface area (Å²) < 4.78 is 25.7. The van der Waals surface area contributed by atoms with Crippen molar-refractivity contribution in [1.29, 1.82) is 0 Å². The Morgan fingerprint density at radius 2 is 1.73 bits per heavy atom. The molecule has 7 nitrogen and oxygen atoms in total. The Labute approximate surface area is 190 Å². The van der Waals surface area contributed by atoms with Crippen molar-refractivity contribution < 1.29 is 18.7 Å². The summed E-state index contributed by atoms with van der Waals surface area (Å²) >= 11 is 0. The van der Waals surface area contributed by atoms with Crippen molar-refractivity contribution in [1.82, 2.24) is 14.8 Å². The van der Waals surface area contributed by atoms with Gasteiger partial charge >= 0.3 is 0 Å². The summed E-state index contributed by atoms with van der Waals surface area (Å²) in [5, 5.41) is 7.28. The van der Waals surface area contributed by atoms with Crippen molar-refractivity contribution >= 4 is 11.6 Å². The molecule has 0 saturated carbocycles. The van der Waals surface area contributed by atoms with Gasteiger partial charge in [0.05, 0.1) is 25.6 Å². The van der Waals surface area contributed by atoms with Crippen molar-refractivity contribution in [2.75, 3.05) is 19.5 Å². The lowest BCUT2D eigenvalue weighted by Crippen LogP contribution is -2.15. The van der Waals surface area contributed by atoms with Crippen molar-refractivity contribution in [3.05, 3.63) is 83.4 Å². The number of rotatable bonds is 6. The molecule has 8 heteroatoms. The number of carbonyl (C=O) groups excluding carboxylic acids is 1. The minimum absolute atomic E-state index is 0.0424. The molecule has 4 rings (SSSR count). The van der Waals surface area contributed by atoms with E-state index in [0.717, 1.165) is 16.8 Å². The Hall–Kier alpha value is -4.20. The third-order valence-corrected chi connectivity index (χ3v) is 5.15. The predicted molar refractivity (Wildman–Crippen MR) is 124 cm³/mol. The molecule has 3 aromatic carbocycles. The molecule has 0 fully saturated rings. The zero-order valence-electron chi connectivity index (χ0n) is 18.7. The monoisotopic (exact) mass is 446 g/mol. The fourth-order valence-corrected chi connectivity index (χ4v) is 3.50. The minimum atomic E-state index is -0.520. The van der Waals surface area contributed by atoms with E-state index >= 15 is 0 Å². The average Bonchev–Trinajstić information content (AvgIpc) is 3.24. The molecule has 4 aromatic rings. The fraction of sp³-hybridized carbons (Fsp3) is 0.160. The van der Waals surface area contributed by atoms with Crippen LogP contribution in [0.5, 0.6) is 11.5 Å². The van der Waals surface area contributed by atoms with Crippen LogP contribution in [-0.2, 0) is 0 Å². The van der Waals surface area contributed by atoms with Gasteiger partial charge in [0.15, 0.2) is 5.82 Å². The first-order chi connectivity index (χ1) is 15.9. The minimum Gasteiger partial charge on any atom is -0.497 e. The van der Waals surface area contributed by atoms with E-state index in [2.05, 4.69) is 15.4 Å². The number of amides is 1. The summed E-state index contributed by atoms with van der Waals surface area (Å²) in [6.45, 7) is 3.96. The van der Waals surface area contributed by atoms with E-state index in [4.69, 9.17) is 9.47 Å². The second-order valence-electron chi connectivity index (χ2n) is 7.49. The van der Waals surface area contributed by atoms with Crippen LogP contribution in [0.1, 0.15) is 21.7 Å². The standard InChI is InChI=1S/C25H23FN4O3/c1-15-5-11-21(16(2)13-15)30-24(17-6-8-18(26)9-7-17)28-23(29-30)25(31)27-20-14-19(32-3)10-12-22(20)33-4/h5-14H,1-4H3,(H,27,31). The number of hydrogen-bond acceptors (Lipinski definition) is 5. The number of benzene rings is 3. The highest BCUT2D eigenvalue weighted by atomic mass is 19.1. The largest absolute Gasteiger partial charge is 0.497 e. The van der Waals surface area contributed by atoms with E-state index in [9.17, 15) is 9.18 Å². The maximum Gasteiger partial charge on any atom is 0.295 e. The van der Waals surface area contributed by atoms with Gasteiger partial charge in [-0.2, -0.15) is 0 Å². The number of aryl methyl sites for hydroxylation is 2. The molecule has 168 valence electrons. The van der Waals surface area contributed by atoms with Gasteiger partial charge in [0.2, 0.25) is 5.82 Å². The normalized spacial score (nSPS) is 10.7. The number of methoxy groups -OCH3 is 2. The molecular weight excluding hydrogens is 423 g/mol. The van der Waals surface area contributed by atoms with Gasteiger partial charge in [-0.15, -0.1) is 5.10 Å². The first-order valence-electron chi connectivity index (χ1n) is 10.2. The number of carbonyl (C=O) groups is 1. The fourth-order valence-electron chi connectivity index (χ4n) is 3.50. The van der Waals surface area contributed by atoms with Gasteiger partial charge in [-0.1, -0.05) is 17.7 Å². The third kappa shape index (κ3) is 4.55. The van der Waals surface area contributed by atoms with E-state index in [1.54, 1.807) is 35.0 Å². The van der Waals surface area contributed by atoms with Crippen LogP contribution in [0, 0.1) is 19.7 Å². The molecule has 0 spiro atoms. The quantitative estimate of drug-likeness (QED) is 0.453. The van der Waals surface area contributed by atoms with E-state index in [1.807, 2.05) is 32.0 Å². The van der Waals surface area contributed by atoms with Crippen molar-refractivity contribution in [2.24, 2.45) is 0 Å². The van der Waals surface area contributed by atoms with Crippen molar-refractivity contribution in [3.8, 4) is 28.6 Å². The van der Waals surface area contributed by atoms with Crippen LogP contribution in [0.4, 0.5) is 10.1 Å². The highest BCUT2D eigenvalue weighted by Gasteiger charge is 2.21. The Morgan fingerprint density at radius 1 is 0.970 bits per heavy atom. The van der Waals surface area contributed by atoms with Crippen molar-refractivity contribution in [3.63, 3.8) is 0 Å². The molecule has 1 heterocycles. The highest BCUT2D eigenvalue weighted by molar-refractivity contribution is 6.02. The van der Waals surface area contributed by atoms with Gasteiger partial charge < -0.3 is 14.8 Å². The van der Waals surface area contributed by atoms with Gasteiger partial charge in [0, 0.05) is 11.6 Å². The highest BCUT2D eigenvalue weighted by Crippen LogP contribution is 2.30. The maximum absolute atomic E-state index is 13.5. The molecule has 0 aliphatic heterocycles. The number of hydrogen-bond donors (Lipinski definition) is 1. The van der Waals surface area contributed by atoms with Crippen LogP contribution in [0.2, 0.25) is 0 Å². The van der Waals surface area contributed by atoms with Crippen LogP contribution in [0.3, 0.4) is 0 Å². The van der Waals surface area contributed by atoms with E-state index in [-0.39, 0.29) is 11.6 Å². The van der Waals surface area contributed by atoms with Crippen LogP contribution < -0.4 is 14.8 Å². The smallest absolute Gasteiger partial charge is 0.295 e. The second kappa shape index (κ2) is 9.12. The summed E-state index contributed by atoms with van der Waals surface area (Å²) in [5.74, 6) is 0.528. The van der Waals surface area contributed by atoms with E-state index in [0.29, 0.717) is 28.6 Å². The molecule has 33 heavy (non-hydrogen) atoms. The first-order valence-corrected chi connectivity index (χ1v) is 10.2.